The number of Topliss-reactive ketones (excluding diaryl/α,β-unsaturated/α-hetero) is 1. The van der Waals surface area contributed by atoms with Crippen molar-refractivity contribution >= 4 is 23.0 Å². The maximum atomic E-state index is 12.9. The highest BCUT2D eigenvalue weighted by Crippen LogP contribution is 2.46. The lowest BCUT2D eigenvalue weighted by molar-refractivity contribution is -0.117. The van der Waals surface area contributed by atoms with Gasteiger partial charge >= 0.3 is 0 Å². The summed E-state index contributed by atoms with van der Waals surface area (Å²) in [6.45, 7) is 2.06. The van der Waals surface area contributed by atoms with Crippen LogP contribution in [0.15, 0.2) is 36.5 Å². The number of ketones is 1. The zero-order valence-corrected chi connectivity index (χ0v) is 14.3. The molecule has 1 N–H and O–H groups in total. The summed E-state index contributed by atoms with van der Waals surface area (Å²) in [5.74, 6) is 0.580. The normalized spacial score (nSPS) is 23.2. The van der Waals surface area contributed by atoms with Crippen LogP contribution in [0.4, 0.5) is 0 Å². The van der Waals surface area contributed by atoms with Gasteiger partial charge in [0, 0.05) is 23.7 Å². The van der Waals surface area contributed by atoms with E-state index in [1.165, 1.54) is 0 Å². The van der Waals surface area contributed by atoms with E-state index >= 15 is 0 Å². The Labute approximate surface area is 145 Å². The molecule has 2 aliphatic rings. The van der Waals surface area contributed by atoms with Crippen molar-refractivity contribution in [3.05, 3.63) is 52.8 Å². The van der Waals surface area contributed by atoms with Gasteiger partial charge in [-0.1, -0.05) is 24.6 Å². The fraction of sp³-hybridized carbons (Fsp3) is 0.368. The summed E-state index contributed by atoms with van der Waals surface area (Å²) in [6.07, 6.45) is 6.77. The lowest BCUT2D eigenvalue weighted by atomic mass is 9.81. The molecule has 24 heavy (non-hydrogen) atoms. The van der Waals surface area contributed by atoms with Crippen LogP contribution >= 0.6 is 11.6 Å². The summed E-state index contributed by atoms with van der Waals surface area (Å²) < 4.78 is 1.82. The molecule has 2 unspecified atom stereocenters. The fourth-order valence-electron chi connectivity index (χ4n) is 3.98. The Morgan fingerprint density at radius 3 is 2.83 bits per heavy atom. The third kappa shape index (κ3) is 2.37. The number of aliphatic hydroxyl groups is 1. The molecule has 0 amide bonds. The molecule has 1 aromatic heterocycles. The first-order valence-electron chi connectivity index (χ1n) is 8.39. The van der Waals surface area contributed by atoms with Gasteiger partial charge < -0.3 is 9.67 Å². The smallest absolute Gasteiger partial charge is 0.169 e. The van der Waals surface area contributed by atoms with Crippen molar-refractivity contribution in [1.29, 1.82) is 0 Å². The van der Waals surface area contributed by atoms with Gasteiger partial charge in [-0.3, -0.25) is 4.79 Å². The Morgan fingerprint density at radius 1 is 1.33 bits per heavy atom. The third-order valence-electron chi connectivity index (χ3n) is 5.29. The molecule has 124 valence electrons. The molecule has 1 fully saturated rings. The van der Waals surface area contributed by atoms with Gasteiger partial charge in [0.15, 0.2) is 5.78 Å². The lowest BCUT2D eigenvalue weighted by Gasteiger charge is -2.23. The van der Waals surface area contributed by atoms with E-state index < -0.39 is 0 Å². The van der Waals surface area contributed by atoms with Gasteiger partial charge in [0.05, 0.1) is 5.57 Å². The molecule has 2 atom stereocenters. The number of nitrogens with zero attached hydrogens (tertiary/aromatic N) is 2. The van der Waals surface area contributed by atoms with E-state index in [2.05, 4.69) is 11.9 Å². The summed E-state index contributed by atoms with van der Waals surface area (Å²) in [6, 6.07) is 5.97. The largest absolute Gasteiger partial charge is 0.511 e. The van der Waals surface area contributed by atoms with E-state index in [0.29, 0.717) is 10.7 Å². The van der Waals surface area contributed by atoms with Crippen molar-refractivity contribution in [2.45, 2.75) is 32.6 Å². The third-order valence-corrected chi connectivity index (χ3v) is 5.48. The van der Waals surface area contributed by atoms with Crippen LogP contribution < -0.4 is 0 Å². The zero-order valence-electron chi connectivity index (χ0n) is 13.5. The summed E-state index contributed by atoms with van der Waals surface area (Å²) in [5, 5.41) is 11.1. The molecular formula is C19H19ClN2O2. The van der Waals surface area contributed by atoms with Gasteiger partial charge in [-0.25, -0.2) is 4.98 Å². The number of hydrogen-bond acceptors (Lipinski definition) is 3. The minimum Gasteiger partial charge on any atom is -0.511 e. The molecule has 1 heterocycles. The minimum atomic E-state index is 0.0666. The van der Waals surface area contributed by atoms with Crippen molar-refractivity contribution < 1.29 is 9.90 Å². The SMILES string of the molecule is CCc1ccc(-n2cnc(Cl)c2)cc1C1=C(O)C2CCC(C2)C1=O. The summed E-state index contributed by atoms with van der Waals surface area (Å²) in [4.78, 5) is 16.9. The molecule has 0 aliphatic heterocycles. The Morgan fingerprint density at radius 2 is 2.12 bits per heavy atom. The molecule has 5 heteroatoms. The number of allylic oxidation sites excluding steroid dienone is 2. The molecule has 4 rings (SSSR count). The van der Waals surface area contributed by atoms with Crippen LogP contribution in [-0.4, -0.2) is 20.4 Å². The molecule has 1 aromatic carbocycles. The van der Waals surface area contributed by atoms with Crippen LogP contribution in [0.3, 0.4) is 0 Å². The average molecular weight is 343 g/mol. The first-order chi connectivity index (χ1) is 11.6. The topological polar surface area (TPSA) is 55.1 Å². The van der Waals surface area contributed by atoms with Crippen molar-refractivity contribution in [2.75, 3.05) is 0 Å². The second-order valence-electron chi connectivity index (χ2n) is 6.63. The minimum absolute atomic E-state index is 0.0666. The number of hydrogen-bond donors (Lipinski definition) is 1. The fourth-order valence-corrected chi connectivity index (χ4v) is 4.13. The molecule has 0 radical (unpaired) electrons. The number of imidazole rings is 1. The predicted molar refractivity (Wildman–Crippen MR) is 93.3 cm³/mol. The number of rotatable bonds is 3. The first kappa shape index (κ1) is 15.5. The highest BCUT2D eigenvalue weighted by molar-refractivity contribution is 6.29. The molecule has 0 spiro atoms. The van der Waals surface area contributed by atoms with Crippen molar-refractivity contribution in [3.8, 4) is 5.69 Å². The number of carbonyl (C=O) groups is 1. The second-order valence-corrected chi connectivity index (χ2v) is 7.02. The highest BCUT2D eigenvalue weighted by Gasteiger charge is 2.41. The first-order valence-corrected chi connectivity index (χ1v) is 8.76. The second kappa shape index (κ2) is 5.78. The van der Waals surface area contributed by atoms with Crippen LogP contribution in [0.2, 0.25) is 5.15 Å². The number of halogens is 1. The maximum Gasteiger partial charge on any atom is 0.169 e. The van der Waals surface area contributed by atoms with Crippen LogP contribution in [-0.2, 0) is 11.2 Å². The van der Waals surface area contributed by atoms with E-state index in [9.17, 15) is 9.90 Å². The van der Waals surface area contributed by atoms with Crippen molar-refractivity contribution in [1.82, 2.24) is 9.55 Å². The maximum absolute atomic E-state index is 12.9. The average Bonchev–Trinajstić information content (AvgIpc) is 3.21. The standard InChI is InChI=1S/C19H19ClN2O2/c1-2-11-5-6-14(22-9-16(20)21-10-22)8-15(11)17-18(23)12-3-4-13(7-12)19(17)24/h5-6,8-10,12-13,23H,2-4,7H2,1H3. The Kier molecular flexibility index (Phi) is 3.72. The van der Waals surface area contributed by atoms with Crippen LogP contribution in [0.1, 0.15) is 37.3 Å². The van der Waals surface area contributed by atoms with Gasteiger partial charge in [0.25, 0.3) is 0 Å². The summed E-state index contributed by atoms with van der Waals surface area (Å²) >= 11 is 5.91. The molecule has 2 aromatic rings. The molecule has 2 bridgehead atoms. The van der Waals surface area contributed by atoms with Crippen molar-refractivity contribution in [3.63, 3.8) is 0 Å². The Hall–Kier alpha value is -2.07. The van der Waals surface area contributed by atoms with Gasteiger partial charge in [0.1, 0.15) is 17.2 Å². The monoisotopic (exact) mass is 342 g/mol. The van der Waals surface area contributed by atoms with E-state index in [1.54, 1.807) is 12.5 Å². The lowest BCUT2D eigenvalue weighted by Crippen LogP contribution is -2.22. The number of fused-ring (bicyclic) bond motifs is 2. The van der Waals surface area contributed by atoms with Crippen molar-refractivity contribution in [2.24, 2.45) is 11.8 Å². The van der Waals surface area contributed by atoms with Crippen LogP contribution in [0.5, 0.6) is 0 Å². The summed E-state index contributed by atoms with van der Waals surface area (Å²) in [7, 11) is 0. The quantitative estimate of drug-likeness (QED) is 0.901. The molecule has 1 saturated carbocycles. The van der Waals surface area contributed by atoms with Gasteiger partial charge in [-0.2, -0.15) is 0 Å². The van der Waals surface area contributed by atoms with E-state index in [-0.39, 0.29) is 23.4 Å². The summed E-state index contributed by atoms with van der Waals surface area (Å²) in [5.41, 5.74) is 3.33. The number of benzene rings is 1. The van der Waals surface area contributed by atoms with Crippen LogP contribution in [0, 0.1) is 11.8 Å². The van der Waals surface area contributed by atoms with E-state index in [0.717, 1.165) is 42.5 Å². The number of carbonyl (C=O) groups excluding carboxylic acids is 1. The molecule has 0 saturated heterocycles. The Balaban J connectivity index is 1.87. The number of aryl methyl sites for hydroxylation is 1. The van der Waals surface area contributed by atoms with Gasteiger partial charge in [-0.15, -0.1) is 0 Å². The molecular weight excluding hydrogens is 324 g/mol. The Bertz CT molecular complexity index is 853. The van der Waals surface area contributed by atoms with Gasteiger partial charge in [0.2, 0.25) is 0 Å². The zero-order chi connectivity index (χ0) is 16.8. The number of aliphatic hydroxyl groups excluding tert-OH is 1. The highest BCUT2D eigenvalue weighted by atomic mass is 35.5. The molecule has 2 aliphatic carbocycles. The van der Waals surface area contributed by atoms with E-state index in [4.69, 9.17) is 11.6 Å². The van der Waals surface area contributed by atoms with E-state index in [1.807, 2.05) is 22.8 Å². The van der Waals surface area contributed by atoms with Crippen LogP contribution in [0.25, 0.3) is 11.3 Å². The number of aromatic nitrogens is 2. The predicted octanol–water partition coefficient (Wildman–Crippen LogP) is 4.36. The van der Waals surface area contributed by atoms with Gasteiger partial charge in [-0.05, 0) is 48.9 Å². The molecule has 4 nitrogen and oxygen atoms in total.